The van der Waals surface area contributed by atoms with E-state index in [1.165, 1.54) is 0 Å². The third kappa shape index (κ3) is 10.7. The average molecular weight is 483 g/mol. The van der Waals surface area contributed by atoms with Gasteiger partial charge in [-0.05, 0) is 60.3 Å². The van der Waals surface area contributed by atoms with Crippen LogP contribution in [0.5, 0.6) is 0 Å². The molecule has 0 radical (unpaired) electrons. The maximum absolute atomic E-state index is 6.62. The molecule has 0 amide bonds. The van der Waals surface area contributed by atoms with Crippen LogP contribution in [0, 0.1) is 5.92 Å². The van der Waals surface area contributed by atoms with Crippen LogP contribution in [-0.2, 0) is 26.6 Å². The molecule has 31 heavy (non-hydrogen) atoms. The van der Waals surface area contributed by atoms with Crippen LogP contribution in [0.2, 0.25) is 6.04 Å². The summed E-state index contributed by atoms with van der Waals surface area (Å²) in [6.45, 7) is 19.5. The van der Waals surface area contributed by atoms with Gasteiger partial charge in [0.25, 0.3) is 0 Å². The molecule has 0 heterocycles. The zero-order valence-electron chi connectivity index (χ0n) is 21.3. The highest BCUT2D eigenvalue weighted by Gasteiger charge is 2.49. The molecule has 0 saturated heterocycles. The van der Waals surface area contributed by atoms with Gasteiger partial charge < -0.3 is 32.3 Å². The average Bonchev–Trinajstić information content (AvgIpc) is 2.72. The van der Waals surface area contributed by atoms with Gasteiger partial charge in [0, 0.05) is 45.7 Å². The van der Waals surface area contributed by atoms with Crippen molar-refractivity contribution in [2.75, 3.05) is 39.6 Å². The van der Waals surface area contributed by atoms with Crippen molar-refractivity contribution in [1.82, 2.24) is 5.32 Å². The van der Waals surface area contributed by atoms with E-state index in [0.717, 1.165) is 25.3 Å². The molecule has 3 unspecified atom stereocenters. The number of nitrogens with one attached hydrogen (secondary N) is 1. The third-order valence-corrected chi connectivity index (χ3v) is 11.5. The van der Waals surface area contributed by atoms with Gasteiger partial charge >= 0.3 is 17.6 Å². The van der Waals surface area contributed by atoms with Gasteiger partial charge in [-0.3, -0.25) is 5.32 Å². The maximum atomic E-state index is 6.62. The summed E-state index contributed by atoms with van der Waals surface area (Å²) in [6, 6.07) is 0.739. The van der Waals surface area contributed by atoms with Crippen molar-refractivity contribution in [3.05, 3.63) is 0 Å². The molecule has 0 aromatic carbocycles. The van der Waals surface area contributed by atoms with Crippen molar-refractivity contribution < 1.29 is 26.6 Å². The molecule has 10 heteroatoms. The minimum atomic E-state index is -2.91. The fourth-order valence-corrected chi connectivity index (χ4v) is 9.57. The lowest BCUT2D eigenvalue weighted by atomic mass is 10.1. The first kappa shape index (κ1) is 31.1. The van der Waals surface area contributed by atoms with E-state index in [9.17, 15) is 0 Å². The Labute approximate surface area is 193 Å². The first-order chi connectivity index (χ1) is 14.8. The second-order valence-electron chi connectivity index (χ2n) is 7.43. The molecule has 0 fully saturated rings. The van der Waals surface area contributed by atoms with Gasteiger partial charge in [-0.15, -0.1) is 0 Å². The molecule has 0 aromatic rings. The minimum absolute atomic E-state index is 0.0533. The van der Waals surface area contributed by atoms with Crippen LogP contribution in [0.15, 0.2) is 0 Å². The molecule has 0 bridgehead atoms. The first-order valence-electron chi connectivity index (χ1n) is 12.2. The van der Waals surface area contributed by atoms with Crippen molar-refractivity contribution in [3.8, 4) is 0 Å². The van der Waals surface area contributed by atoms with Crippen molar-refractivity contribution in [3.63, 3.8) is 0 Å². The van der Waals surface area contributed by atoms with Gasteiger partial charge in [-0.2, -0.15) is 0 Å². The quantitative estimate of drug-likeness (QED) is 0.189. The van der Waals surface area contributed by atoms with Crippen molar-refractivity contribution in [2.24, 2.45) is 11.7 Å². The standard InChI is InChI=1S/C21H50N2O6Si2/c1-9-16-20(31(27-13-5,28-14-6)29-15-7)23-21(22)19(8)17-18-30(24-10-2,25-11-3)26-12-4/h19-21,23H,9-18,22H2,1-8H3. The first-order valence-corrected chi connectivity index (χ1v) is 15.9. The van der Waals surface area contributed by atoms with Crippen molar-refractivity contribution >= 4 is 17.6 Å². The van der Waals surface area contributed by atoms with Crippen LogP contribution in [-0.4, -0.2) is 69.1 Å². The summed E-state index contributed by atoms with van der Waals surface area (Å²) in [5, 5.41) is 3.60. The Morgan fingerprint density at radius 1 is 0.677 bits per heavy atom. The van der Waals surface area contributed by atoms with Gasteiger partial charge in [0.2, 0.25) is 0 Å². The monoisotopic (exact) mass is 482 g/mol. The van der Waals surface area contributed by atoms with Crippen LogP contribution < -0.4 is 11.1 Å². The molecule has 3 N–H and O–H groups in total. The Bertz CT molecular complexity index is 403. The van der Waals surface area contributed by atoms with Gasteiger partial charge in [0.15, 0.2) is 0 Å². The van der Waals surface area contributed by atoms with Crippen molar-refractivity contribution in [2.45, 2.75) is 92.5 Å². The van der Waals surface area contributed by atoms with Crippen LogP contribution in [0.4, 0.5) is 0 Å². The highest BCUT2D eigenvalue weighted by molar-refractivity contribution is 6.62. The van der Waals surface area contributed by atoms with Gasteiger partial charge in [0.1, 0.15) is 0 Å². The molecular weight excluding hydrogens is 432 g/mol. The Hall–Kier alpha value is 0.114. The predicted octanol–water partition coefficient (Wildman–Crippen LogP) is 3.69. The lowest BCUT2D eigenvalue weighted by molar-refractivity contribution is 0.0531. The Kier molecular flexibility index (Phi) is 17.6. The molecule has 8 nitrogen and oxygen atoms in total. The van der Waals surface area contributed by atoms with Gasteiger partial charge in [-0.1, -0.05) is 20.3 Å². The zero-order valence-corrected chi connectivity index (χ0v) is 23.3. The second kappa shape index (κ2) is 17.6. The molecule has 0 rings (SSSR count). The number of hydrogen-bond donors (Lipinski definition) is 2. The molecule has 188 valence electrons. The van der Waals surface area contributed by atoms with Gasteiger partial charge in [0.05, 0.1) is 11.8 Å². The Morgan fingerprint density at radius 3 is 1.45 bits per heavy atom. The zero-order chi connectivity index (χ0) is 23.8. The SMILES string of the molecule is CCCC(NC(N)C(C)CC[Si](OCC)(OCC)OCC)[Si](OCC)(OCC)OCC. The lowest BCUT2D eigenvalue weighted by Gasteiger charge is -2.38. The van der Waals surface area contributed by atoms with E-state index in [-0.39, 0.29) is 17.7 Å². The summed E-state index contributed by atoms with van der Waals surface area (Å²) in [4.78, 5) is 0. The molecule has 3 atom stereocenters. The highest BCUT2D eigenvalue weighted by atomic mass is 28.4. The van der Waals surface area contributed by atoms with E-state index in [1.54, 1.807) is 0 Å². The largest absolute Gasteiger partial charge is 0.518 e. The predicted molar refractivity (Wildman–Crippen MR) is 130 cm³/mol. The molecular formula is C21H50N2O6Si2. The fraction of sp³-hybridized carbons (Fsp3) is 1.00. The summed E-state index contributed by atoms with van der Waals surface area (Å²) >= 11 is 0. The number of nitrogens with two attached hydrogens (primary N) is 1. The van der Waals surface area contributed by atoms with E-state index < -0.39 is 17.6 Å². The van der Waals surface area contributed by atoms with Crippen LogP contribution in [0.3, 0.4) is 0 Å². The maximum Gasteiger partial charge on any atom is 0.518 e. The minimum Gasteiger partial charge on any atom is -0.374 e. The Balaban J connectivity index is 5.33. The summed E-state index contributed by atoms with van der Waals surface area (Å²) in [5.74, 6) is 0.184. The van der Waals surface area contributed by atoms with E-state index in [0.29, 0.717) is 39.6 Å². The fourth-order valence-electron chi connectivity index (χ4n) is 3.66. The van der Waals surface area contributed by atoms with E-state index in [1.807, 2.05) is 41.5 Å². The van der Waals surface area contributed by atoms with Crippen molar-refractivity contribution in [1.29, 1.82) is 0 Å². The lowest BCUT2D eigenvalue weighted by Crippen LogP contribution is -2.65. The molecule has 0 saturated carbocycles. The van der Waals surface area contributed by atoms with E-state index in [4.69, 9.17) is 32.3 Å². The molecule has 0 aliphatic heterocycles. The number of rotatable bonds is 21. The number of hydrogen-bond acceptors (Lipinski definition) is 8. The molecule has 0 aliphatic rings. The third-order valence-electron chi connectivity index (χ3n) is 5.05. The topological polar surface area (TPSA) is 93.4 Å². The van der Waals surface area contributed by atoms with Crippen LogP contribution >= 0.6 is 0 Å². The summed E-state index contributed by atoms with van der Waals surface area (Å²) in [5.41, 5.74) is 6.57. The van der Waals surface area contributed by atoms with Gasteiger partial charge in [-0.25, -0.2) is 0 Å². The summed E-state index contributed by atoms with van der Waals surface area (Å²) in [7, 11) is -5.59. The molecule has 0 aromatic heterocycles. The second-order valence-corrected chi connectivity index (χ2v) is 12.9. The molecule has 0 spiro atoms. The van der Waals surface area contributed by atoms with Crippen LogP contribution in [0.25, 0.3) is 0 Å². The summed E-state index contributed by atoms with van der Waals surface area (Å²) in [6.07, 6.45) is 2.46. The van der Waals surface area contributed by atoms with E-state index in [2.05, 4.69) is 19.2 Å². The van der Waals surface area contributed by atoms with E-state index >= 15 is 0 Å². The summed E-state index contributed by atoms with van der Waals surface area (Å²) < 4.78 is 36.4. The van der Waals surface area contributed by atoms with Crippen LogP contribution in [0.1, 0.15) is 74.7 Å². The highest BCUT2D eigenvalue weighted by Crippen LogP contribution is 2.24. The Morgan fingerprint density at radius 2 is 1.10 bits per heavy atom. The smallest absolute Gasteiger partial charge is 0.374 e. The normalized spacial score (nSPS) is 15.8. The molecule has 0 aliphatic carbocycles.